The van der Waals surface area contributed by atoms with E-state index in [1.807, 2.05) is 5.32 Å². The van der Waals surface area contributed by atoms with Gasteiger partial charge in [0.2, 0.25) is 11.8 Å². The molecule has 6 nitrogen and oxygen atoms in total. The summed E-state index contributed by atoms with van der Waals surface area (Å²) in [6.45, 7) is 3.05. The number of alkyl halides is 1. The molecule has 17 heavy (non-hydrogen) atoms. The van der Waals surface area contributed by atoms with Crippen LogP contribution in [0, 0.1) is 0 Å². The lowest BCUT2D eigenvalue weighted by Gasteiger charge is -2.20. The Morgan fingerprint density at radius 2 is 1.88 bits per heavy atom. The average molecular weight is 262 g/mol. The molecule has 1 aliphatic rings. The maximum absolute atomic E-state index is 11.8. The lowest BCUT2D eigenvalue weighted by molar-refractivity contribution is -0.131. The van der Waals surface area contributed by atoms with Gasteiger partial charge >= 0.3 is 6.03 Å². The van der Waals surface area contributed by atoms with Crippen LogP contribution in [0.25, 0.3) is 0 Å². The van der Waals surface area contributed by atoms with Crippen LogP contribution in [0.15, 0.2) is 0 Å². The van der Waals surface area contributed by atoms with Crippen LogP contribution in [-0.2, 0) is 9.59 Å². The second kappa shape index (κ2) is 6.44. The molecule has 96 valence electrons. The van der Waals surface area contributed by atoms with E-state index in [9.17, 15) is 14.4 Å². The van der Waals surface area contributed by atoms with Gasteiger partial charge in [-0.3, -0.25) is 14.9 Å². The highest BCUT2D eigenvalue weighted by molar-refractivity contribution is 6.28. The highest BCUT2D eigenvalue weighted by Crippen LogP contribution is 2.08. The predicted molar refractivity (Wildman–Crippen MR) is 62.7 cm³/mol. The molecule has 1 fully saturated rings. The zero-order valence-electron chi connectivity index (χ0n) is 9.66. The van der Waals surface area contributed by atoms with Crippen molar-refractivity contribution in [3.63, 3.8) is 0 Å². The second-order valence-corrected chi connectivity index (χ2v) is 4.18. The summed E-state index contributed by atoms with van der Waals surface area (Å²) in [5.41, 5.74) is 0. The first-order chi connectivity index (χ1) is 8.04. The van der Waals surface area contributed by atoms with Crippen molar-refractivity contribution in [2.45, 2.75) is 25.8 Å². The van der Waals surface area contributed by atoms with E-state index in [2.05, 4.69) is 5.32 Å². The largest absolute Gasteiger partial charge is 0.341 e. The number of hydrogen-bond donors (Lipinski definition) is 2. The Labute approximate surface area is 105 Å². The normalized spacial score (nSPS) is 16.5. The number of nitrogens with one attached hydrogen (secondary N) is 2. The Morgan fingerprint density at radius 3 is 2.41 bits per heavy atom. The van der Waals surface area contributed by atoms with E-state index in [4.69, 9.17) is 11.6 Å². The van der Waals surface area contributed by atoms with Gasteiger partial charge in [-0.2, -0.15) is 0 Å². The van der Waals surface area contributed by atoms with Crippen LogP contribution >= 0.6 is 11.6 Å². The van der Waals surface area contributed by atoms with Gasteiger partial charge in [0.1, 0.15) is 11.9 Å². The molecule has 1 heterocycles. The molecule has 4 amide bonds. The summed E-state index contributed by atoms with van der Waals surface area (Å²) in [7, 11) is 0. The number of rotatable bonds is 3. The summed E-state index contributed by atoms with van der Waals surface area (Å²) >= 11 is 5.23. The van der Waals surface area contributed by atoms with Gasteiger partial charge in [0.15, 0.2) is 0 Å². The minimum atomic E-state index is -0.698. The number of carbonyl (C=O) groups excluding carboxylic acids is 3. The predicted octanol–water partition coefficient (Wildman–Crippen LogP) is 0.0619. The van der Waals surface area contributed by atoms with Crippen LogP contribution in [0.2, 0.25) is 0 Å². The topological polar surface area (TPSA) is 78.5 Å². The van der Waals surface area contributed by atoms with Crippen molar-refractivity contribution in [3.05, 3.63) is 0 Å². The summed E-state index contributed by atoms with van der Waals surface area (Å²) < 4.78 is 0. The molecule has 1 aliphatic heterocycles. The third kappa shape index (κ3) is 4.22. The van der Waals surface area contributed by atoms with Crippen LogP contribution in [0.5, 0.6) is 0 Å². The fourth-order valence-electron chi connectivity index (χ4n) is 1.67. The minimum Gasteiger partial charge on any atom is -0.341 e. The minimum absolute atomic E-state index is 0.129. The van der Waals surface area contributed by atoms with Crippen molar-refractivity contribution in [2.24, 2.45) is 0 Å². The zero-order valence-corrected chi connectivity index (χ0v) is 10.4. The van der Waals surface area contributed by atoms with Crippen molar-refractivity contribution in [3.8, 4) is 0 Å². The van der Waals surface area contributed by atoms with E-state index in [-0.39, 0.29) is 11.8 Å². The number of carbonyl (C=O) groups is 3. The van der Waals surface area contributed by atoms with Crippen molar-refractivity contribution in [2.75, 3.05) is 19.0 Å². The van der Waals surface area contributed by atoms with E-state index in [0.29, 0.717) is 0 Å². The van der Waals surface area contributed by atoms with Crippen molar-refractivity contribution >= 4 is 29.4 Å². The van der Waals surface area contributed by atoms with E-state index in [0.717, 1.165) is 25.9 Å². The van der Waals surface area contributed by atoms with E-state index < -0.39 is 18.0 Å². The highest BCUT2D eigenvalue weighted by atomic mass is 35.5. The van der Waals surface area contributed by atoms with Gasteiger partial charge in [-0.1, -0.05) is 0 Å². The van der Waals surface area contributed by atoms with Crippen molar-refractivity contribution < 1.29 is 14.4 Å². The lowest BCUT2D eigenvalue weighted by Crippen LogP contribution is -2.50. The summed E-state index contributed by atoms with van der Waals surface area (Å²) in [5, 5.41) is 4.42. The van der Waals surface area contributed by atoms with Gasteiger partial charge in [0.25, 0.3) is 0 Å². The number of amides is 4. The van der Waals surface area contributed by atoms with Crippen molar-refractivity contribution in [1.82, 2.24) is 15.5 Å². The van der Waals surface area contributed by atoms with Crippen LogP contribution in [-0.4, -0.2) is 47.8 Å². The molecule has 1 unspecified atom stereocenters. The molecule has 0 aromatic carbocycles. The molecule has 1 atom stereocenters. The molecular formula is C10H16ClN3O3. The fraction of sp³-hybridized carbons (Fsp3) is 0.700. The first-order valence-corrected chi connectivity index (χ1v) is 6.03. The molecule has 0 aliphatic carbocycles. The standard InChI is InChI=1S/C10H16ClN3O3/c1-7(9(16)14-4-2-3-5-14)12-10(17)13-8(15)6-11/h7H,2-6H2,1H3,(H2,12,13,15,17). The molecule has 7 heteroatoms. The van der Waals surface area contributed by atoms with E-state index >= 15 is 0 Å². The molecule has 2 N–H and O–H groups in total. The Kier molecular flexibility index (Phi) is 5.21. The number of halogens is 1. The number of urea groups is 1. The molecular weight excluding hydrogens is 246 g/mol. The number of imide groups is 1. The van der Waals surface area contributed by atoms with Gasteiger partial charge in [-0.25, -0.2) is 4.79 Å². The summed E-state index contributed by atoms with van der Waals surface area (Å²) in [5.74, 6) is -1.01. The Morgan fingerprint density at radius 1 is 1.29 bits per heavy atom. The third-order valence-electron chi connectivity index (χ3n) is 2.51. The summed E-state index contributed by atoms with van der Waals surface area (Å²) in [4.78, 5) is 35.6. The fourth-order valence-corrected chi connectivity index (χ4v) is 1.73. The monoisotopic (exact) mass is 261 g/mol. The third-order valence-corrected chi connectivity index (χ3v) is 2.75. The maximum atomic E-state index is 11.8. The van der Waals surface area contributed by atoms with Crippen LogP contribution in [0.4, 0.5) is 4.79 Å². The SMILES string of the molecule is CC(NC(=O)NC(=O)CCl)C(=O)N1CCCC1. The molecule has 0 aromatic heterocycles. The quantitative estimate of drug-likeness (QED) is 0.706. The number of nitrogens with zero attached hydrogens (tertiary/aromatic N) is 1. The molecule has 1 saturated heterocycles. The smallest absolute Gasteiger partial charge is 0.322 e. The van der Waals surface area contributed by atoms with Crippen LogP contribution < -0.4 is 10.6 Å². The van der Waals surface area contributed by atoms with Crippen molar-refractivity contribution in [1.29, 1.82) is 0 Å². The Hall–Kier alpha value is -1.30. The summed E-state index contributed by atoms with van der Waals surface area (Å²) in [6.07, 6.45) is 1.99. The Bertz CT molecular complexity index is 316. The molecule has 0 radical (unpaired) electrons. The van der Waals surface area contributed by atoms with Gasteiger partial charge in [-0.15, -0.1) is 11.6 Å². The van der Waals surface area contributed by atoms with E-state index in [1.165, 1.54) is 0 Å². The van der Waals surface area contributed by atoms with Crippen LogP contribution in [0.1, 0.15) is 19.8 Å². The maximum Gasteiger partial charge on any atom is 0.322 e. The van der Waals surface area contributed by atoms with Gasteiger partial charge < -0.3 is 10.2 Å². The van der Waals surface area contributed by atoms with Gasteiger partial charge in [0, 0.05) is 13.1 Å². The zero-order chi connectivity index (χ0) is 12.8. The first-order valence-electron chi connectivity index (χ1n) is 5.49. The first kappa shape index (κ1) is 13.8. The molecule has 0 saturated carbocycles. The molecule has 0 bridgehead atoms. The van der Waals surface area contributed by atoms with Gasteiger partial charge in [0.05, 0.1) is 0 Å². The number of hydrogen-bond acceptors (Lipinski definition) is 3. The van der Waals surface area contributed by atoms with Crippen LogP contribution in [0.3, 0.4) is 0 Å². The average Bonchev–Trinajstić information content (AvgIpc) is 2.80. The summed E-state index contributed by atoms with van der Waals surface area (Å²) in [6, 6.07) is -1.34. The Balaban J connectivity index is 2.37. The highest BCUT2D eigenvalue weighted by Gasteiger charge is 2.24. The van der Waals surface area contributed by atoms with E-state index in [1.54, 1.807) is 11.8 Å². The second-order valence-electron chi connectivity index (χ2n) is 3.91. The molecule has 0 spiro atoms. The molecule has 0 aromatic rings. The van der Waals surface area contributed by atoms with Gasteiger partial charge in [-0.05, 0) is 19.8 Å². The molecule has 1 rings (SSSR count). The number of likely N-dealkylation sites (tertiary alicyclic amines) is 1. The lowest BCUT2D eigenvalue weighted by atomic mass is 10.3.